The lowest BCUT2D eigenvalue weighted by Crippen LogP contribution is -2.15. The molecule has 0 aliphatic heterocycles. The minimum absolute atomic E-state index is 0.171. The first kappa shape index (κ1) is 15.4. The topological polar surface area (TPSA) is 55.1 Å². The Kier molecular flexibility index (Phi) is 5.11. The van der Waals surface area contributed by atoms with Gasteiger partial charge in [0.1, 0.15) is 4.99 Å². The Morgan fingerprint density at radius 1 is 1.25 bits per heavy atom. The fourth-order valence-electron chi connectivity index (χ4n) is 1.62. The van der Waals surface area contributed by atoms with Gasteiger partial charge in [0.05, 0.1) is 5.56 Å². The summed E-state index contributed by atoms with van der Waals surface area (Å²) in [7, 11) is 0. The van der Waals surface area contributed by atoms with Gasteiger partial charge in [-0.25, -0.2) is 0 Å². The third kappa shape index (κ3) is 3.77. The van der Waals surface area contributed by atoms with Crippen LogP contribution in [0.4, 0.5) is 5.69 Å². The number of benzene rings is 2. The molecule has 0 unspecified atom stereocenters. The van der Waals surface area contributed by atoms with Crippen LogP contribution in [0.2, 0.25) is 0 Å². The summed E-state index contributed by atoms with van der Waals surface area (Å²) in [5.41, 5.74) is 7.58. The van der Waals surface area contributed by atoms with Crippen molar-refractivity contribution >= 4 is 67.3 Å². The van der Waals surface area contributed by atoms with E-state index in [1.54, 1.807) is 30.3 Å². The van der Waals surface area contributed by atoms with E-state index in [-0.39, 0.29) is 5.91 Å². The van der Waals surface area contributed by atoms with Crippen molar-refractivity contribution in [3.05, 3.63) is 61.6 Å². The van der Waals surface area contributed by atoms with E-state index in [9.17, 15) is 4.79 Å². The zero-order chi connectivity index (χ0) is 14.7. The molecule has 0 heterocycles. The monoisotopic (exact) mass is 460 g/mol. The number of hydrogen-bond donors (Lipinski definition) is 2. The highest BCUT2D eigenvalue weighted by Crippen LogP contribution is 2.20. The highest BCUT2D eigenvalue weighted by atomic mass is 127. The van der Waals surface area contributed by atoms with E-state index in [4.69, 9.17) is 18.0 Å². The van der Waals surface area contributed by atoms with E-state index >= 15 is 0 Å². The third-order valence-electron chi connectivity index (χ3n) is 2.58. The van der Waals surface area contributed by atoms with Gasteiger partial charge in [0.25, 0.3) is 5.91 Å². The molecular weight excluding hydrogens is 451 g/mol. The Bertz CT molecular complexity index is 691. The van der Waals surface area contributed by atoms with E-state index in [0.717, 1.165) is 13.6 Å². The number of amides is 1. The highest BCUT2D eigenvalue weighted by molar-refractivity contribution is 14.1. The number of nitrogens with one attached hydrogen (secondary N) is 1. The molecule has 0 saturated carbocycles. The van der Waals surface area contributed by atoms with Gasteiger partial charge in [-0.2, -0.15) is 0 Å². The second kappa shape index (κ2) is 6.64. The minimum atomic E-state index is -0.171. The molecule has 0 aliphatic carbocycles. The number of carbonyl (C=O) groups is 1. The molecule has 0 fully saturated rings. The molecule has 6 heteroatoms. The molecule has 20 heavy (non-hydrogen) atoms. The van der Waals surface area contributed by atoms with Crippen LogP contribution in [0.1, 0.15) is 15.9 Å². The van der Waals surface area contributed by atoms with Gasteiger partial charge in [-0.1, -0.05) is 40.3 Å². The van der Waals surface area contributed by atoms with Crippen LogP contribution in [0, 0.1) is 3.57 Å². The van der Waals surface area contributed by atoms with Crippen LogP contribution < -0.4 is 11.1 Å². The zero-order valence-electron chi connectivity index (χ0n) is 10.2. The van der Waals surface area contributed by atoms with E-state index < -0.39 is 0 Å². The van der Waals surface area contributed by atoms with Crippen molar-refractivity contribution in [3.8, 4) is 0 Å². The quantitative estimate of drug-likeness (QED) is 0.538. The van der Waals surface area contributed by atoms with Crippen LogP contribution in [-0.4, -0.2) is 10.9 Å². The average Bonchev–Trinajstić information content (AvgIpc) is 2.41. The van der Waals surface area contributed by atoms with Crippen molar-refractivity contribution in [2.75, 3.05) is 5.32 Å². The van der Waals surface area contributed by atoms with Crippen LogP contribution in [0.25, 0.3) is 0 Å². The number of nitrogens with two attached hydrogens (primary N) is 1. The molecule has 3 N–H and O–H groups in total. The molecule has 2 aromatic carbocycles. The number of halogens is 2. The van der Waals surface area contributed by atoms with E-state index in [0.29, 0.717) is 16.2 Å². The van der Waals surface area contributed by atoms with Gasteiger partial charge in [-0.15, -0.1) is 0 Å². The molecule has 0 atom stereocenters. The molecule has 2 rings (SSSR count). The Balaban J connectivity index is 2.25. The maximum Gasteiger partial charge on any atom is 0.256 e. The van der Waals surface area contributed by atoms with Gasteiger partial charge in [0.2, 0.25) is 0 Å². The van der Waals surface area contributed by atoms with Crippen molar-refractivity contribution in [3.63, 3.8) is 0 Å². The zero-order valence-corrected chi connectivity index (χ0v) is 14.8. The molecule has 0 spiro atoms. The molecule has 0 bridgehead atoms. The lowest BCUT2D eigenvalue weighted by atomic mass is 10.1. The fourth-order valence-corrected chi connectivity index (χ4v) is 2.69. The summed E-state index contributed by atoms with van der Waals surface area (Å²) in [6.45, 7) is 0. The summed E-state index contributed by atoms with van der Waals surface area (Å²) < 4.78 is 1.74. The van der Waals surface area contributed by atoms with Gasteiger partial charge in [-0.3, -0.25) is 4.79 Å². The van der Waals surface area contributed by atoms with Gasteiger partial charge < -0.3 is 11.1 Å². The second-order valence-corrected chi connectivity index (χ2v) is 6.54. The minimum Gasteiger partial charge on any atom is -0.389 e. The van der Waals surface area contributed by atoms with Gasteiger partial charge in [-0.05, 0) is 52.9 Å². The van der Waals surface area contributed by atoms with E-state index in [2.05, 4.69) is 43.8 Å². The smallest absolute Gasteiger partial charge is 0.256 e. The predicted octanol–water partition coefficient (Wildman–Crippen LogP) is 3.94. The fraction of sp³-hybridized carbons (Fsp3) is 0. The molecule has 2 aromatic rings. The van der Waals surface area contributed by atoms with Crippen LogP contribution in [0.5, 0.6) is 0 Å². The Morgan fingerprint density at radius 2 is 2.00 bits per heavy atom. The van der Waals surface area contributed by atoms with Crippen LogP contribution >= 0.6 is 50.7 Å². The molecule has 3 nitrogen and oxygen atoms in total. The molecule has 0 aromatic heterocycles. The number of anilines is 1. The van der Waals surface area contributed by atoms with Gasteiger partial charge in [0.15, 0.2) is 0 Å². The van der Waals surface area contributed by atoms with Crippen LogP contribution in [0.3, 0.4) is 0 Å². The van der Waals surface area contributed by atoms with Crippen LogP contribution in [-0.2, 0) is 0 Å². The SMILES string of the molecule is NC(=S)c1cccc(NC(=O)c2cc(Br)ccc2I)c1. The molecule has 0 saturated heterocycles. The first-order valence-corrected chi connectivity index (χ1v) is 7.91. The lowest BCUT2D eigenvalue weighted by Gasteiger charge is -2.08. The summed E-state index contributed by atoms with van der Waals surface area (Å²) in [6.07, 6.45) is 0. The normalized spacial score (nSPS) is 10.1. The maximum atomic E-state index is 12.3. The largest absolute Gasteiger partial charge is 0.389 e. The second-order valence-electron chi connectivity index (χ2n) is 4.02. The van der Waals surface area contributed by atoms with Gasteiger partial charge >= 0.3 is 0 Å². The predicted molar refractivity (Wildman–Crippen MR) is 97.1 cm³/mol. The van der Waals surface area contributed by atoms with Crippen molar-refractivity contribution in [2.24, 2.45) is 5.73 Å². The Morgan fingerprint density at radius 3 is 2.70 bits per heavy atom. The van der Waals surface area contributed by atoms with Crippen molar-refractivity contribution in [2.45, 2.75) is 0 Å². The summed E-state index contributed by atoms with van der Waals surface area (Å²) in [6, 6.07) is 12.7. The first-order chi connectivity index (χ1) is 9.47. The Hall–Kier alpha value is -0.990. The standard InChI is InChI=1S/C14H10BrIN2OS/c15-9-4-5-12(16)11(7-9)14(19)18-10-3-1-2-8(6-10)13(17)20/h1-7H,(H2,17,20)(H,18,19). The lowest BCUT2D eigenvalue weighted by molar-refractivity contribution is 0.102. The summed E-state index contributed by atoms with van der Waals surface area (Å²) in [4.78, 5) is 12.6. The molecule has 1 amide bonds. The maximum absolute atomic E-state index is 12.3. The number of rotatable bonds is 3. The summed E-state index contributed by atoms with van der Waals surface area (Å²) in [5.74, 6) is -0.171. The van der Waals surface area contributed by atoms with Crippen molar-refractivity contribution < 1.29 is 4.79 Å². The van der Waals surface area contributed by atoms with Gasteiger partial charge in [0, 0.05) is 19.3 Å². The number of carbonyl (C=O) groups excluding carboxylic acids is 1. The number of thiocarbonyl (C=S) groups is 1. The first-order valence-electron chi connectivity index (χ1n) is 5.63. The molecular formula is C14H10BrIN2OS. The molecule has 0 radical (unpaired) electrons. The average molecular weight is 461 g/mol. The Labute approximate surface area is 144 Å². The molecule has 102 valence electrons. The molecule has 0 aliphatic rings. The van der Waals surface area contributed by atoms with Crippen LogP contribution in [0.15, 0.2) is 46.9 Å². The van der Waals surface area contributed by atoms with Crippen molar-refractivity contribution in [1.82, 2.24) is 0 Å². The summed E-state index contributed by atoms with van der Waals surface area (Å²) >= 11 is 10.4. The van der Waals surface area contributed by atoms with Crippen molar-refractivity contribution in [1.29, 1.82) is 0 Å². The highest BCUT2D eigenvalue weighted by Gasteiger charge is 2.11. The van der Waals surface area contributed by atoms with E-state index in [1.807, 2.05) is 12.1 Å². The van der Waals surface area contributed by atoms with E-state index in [1.165, 1.54) is 0 Å². The summed E-state index contributed by atoms with van der Waals surface area (Å²) in [5, 5.41) is 2.84. The third-order valence-corrected chi connectivity index (χ3v) is 4.25. The number of hydrogen-bond acceptors (Lipinski definition) is 2.